The van der Waals surface area contributed by atoms with Crippen molar-refractivity contribution in [2.75, 3.05) is 5.32 Å². The number of hydrogen-bond donors (Lipinski definition) is 1. The van der Waals surface area contributed by atoms with Crippen LogP contribution in [0.5, 0.6) is 0 Å². The van der Waals surface area contributed by atoms with E-state index in [9.17, 15) is 10.1 Å². The Kier molecular flexibility index (Phi) is 4.82. The Hall–Kier alpha value is -1.34. The van der Waals surface area contributed by atoms with Gasteiger partial charge in [-0.15, -0.1) is 11.3 Å². The molecule has 1 aromatic heterocycles. The second-order valence-corrected chi connectivity index (χ2v) is 6.78. The number of hydrogen-bond acceptors (Lipinski definition) is 3. The van der Waals surface area contributed by atoms with Crippen LogP contribution >= 0.6 is 11.3 Å². The molecule has 0 saturated carbocycles. The highest BCUT2D eigenvalue weighted by Gasteiger charge is 2.25. The Bertz CT molecular complexity index is 537. The molecule has 20 heavy (non-hydrogen) atoms. The molecule has 0 saturated heterocycles. The third kappa shape index (κ3) is 2.88. The van der Waals surface area contributed by atoms with E-state index >= 15 is 0 Å². The molecule has 1 heterocycles. The maximum atomic E-state index is 12.2. The van der Waals surface area contributed by atoms with Crippen molar-refractivity contribution in [2.24, 2.45) is 11.8 Å². The van der Waals surface area contributed by atoms with Crippen molar-refractivity contribution in [3.63, 3.8) is 0 Å². The maximum absolute atomic E-state index is 12.2. The molecule has 1 aliphatic rings. The maximum Gasteiger partial charge on any atom is 0.228 e. The van der Waals surface area contributed by atoms with Crippen LogP contribution in [0.25, 0.3) is 0 Å². The van der Waals surface area contributed by atoms with E-state index in [1.807, 2.05) is 13.8 Å². The minimum atomic E-state index is 0.0413. The van der Waals surface area contributed by atoms with Gasteiger partial charge in [0, 0.05) is 10.8 Å². The van der Waals surface area contributed by atoms with Crippen LogP contribution in [-0.4, -0.2) is 5.91 Å². The molecule has 4 heteroatoms. The van der Waals surface area contributed by atoms with E-state index in [-0.39, 0.29) is 11.8 Å². The van der Waals surface area contributed by atoms with Crippen LogP contribution in [0, 0.1) is 23.2 Å². The smallest absolute Gasteiger partial charge is 0.228 e. The van der Waals surface area contributed by atoms with Crippen LogP contribution in [0.1, 0.15) is 56.0 Å². The van der Waals surface area contributed by atoms with Gasteiger partial charge in [-0.1, -0.05) is 20.8 Å². The summed E-state index contributed by atoms with van der Waals surface area (Å²) in [4.78, 5) is 13.5. The summed E-state index contributed by atoms with van der Waals surface area (Å²) >= 11 is 1.60. The predicted octanol–water partition coefficient (Wildman–Crippen LogP) is 4.12. The number of nitrogens with zero attached hydrogens (tertiary/aromatic N) is 1. The summed E-state index contributed by atoms with van der Waals surface area (Å²) in [7, 11) is 0. The molecule has 0 radical (unpaired) electrons. The van der Waals surface area contributed by atoms with Crippen LogP contribution < -0.4 is 5.32 Å². The van der Waals surface area contributed by atoms with E-state index in [2.05, 4.69) is 18.3 Å². The van der Waals surface area contributed by atoms with Gasteiger partial charge in [-0.05, 0) is 43.6 Å². The molecule has 0 bridgehead atoms. The van der Waals surface area contributed by atoms with E-state index in [0.29, 0.717) is 11.5 Å². The van der Waals surface area contributed by atoms with E-state index in [4.69, 9.17) is 0 Å². The summed E-state index contributed by atoms with van der Waals surface area (Å²) in [6, 6.07) is 2.29. The van der Waals surface area contributed by atoms with Crippen molar-refractivity contribution < 1.29 is 4.79 Å². The topological polar surface area (TPSA) is 52.9 Å². The van der Waals surface area contributed by atoms with Gasteiger partial charge >= 0.3 is 0 Å². The summed E-state index contributed by atoms with van der Waals surface area (Å²) in [6.07, 6.45) is 4.82. The minimum Gasteiger partial charge on any atom is -0.316 e. The SMILES string of the molecule is CCC(CC)C(=O)Nc1sc2c(c1C#N)CCC(C)C2. The van der Waals surface area contributed by atoms with Crippen molar-refractivity contribution in [1.29, 1.82) is 5.26 Å². The summed E-state index contributed by atoms with van der Waals surface area (Å²) in [5, 5.41) is 13.2. The first-order valence-electron chi connectivity index (χ1n) is 7.46. The Morgan fingerprint density at radius 1 is 1.50 bits per heavy atom. The van der Waals surface area contributed by atoms with Gasteiger partial charge < -0.3 is 5.32 Å². The monoisotopic (exact) mass is 290 g/mol. The second kappa shape index (κ2) is 6.41. The van der Waals surface area contributed by atoms with Gasteiger partial charge in [0.1, 0.15) is 11.1 Å². The van der Waals surface area contributed by atoms with E-state index in [1.54, 1.807) is 11.3 Å². The number of anilines is 1. The first-order chi connectivity index (χ1) is 9.60. The van der Waals surface area contributed by atoms with Gasteiger partial charge in [-0.2, -0.15) is 5.26 Å². The standard InChI is InChI=1S/C16H22N2OS/c1-4-11(5-2)15(19)18-16-13(9-17)12-7-6-10(3)8-14(12)20-16/h10-11H,4-8H2,1-3H3,(H,18,19). The van der Waals surface area contributed by atoms with E-state index in [0.717, 1.165) is 37.1 Å². The molecule has 1 N–H and O–H groups in total. The number of thiophene rings is 1. The van der Waals surface area contributed by atoms with Gasteiger partial charge in [-0.25, -0.2) is 0 Å². The predicted molar refractivity (Wildman–Crippen MR) is 82.9 cm³/mol. The summed E-state index contributed by atoms with van der Waals surface area (Å²) in [5.41, 5.74) is 1.88. The Labute approximate surface area is 125 Å². The second-order valence-electron chi connectivity index (χ2n) is 5.67. The van der Waals surface area contributed by atoms with Crippen LogP contribution in [-0.2, 0) is 17.6 Å². The average Bonchev–Trinajstić information content (AvgIpc) is 2.76. The third-order valence-corrected chi connectivity index (χ3v) is 5.39. The molecule has 1 atom stereocenters. The first-order valence-corrected chi connectivity index (χ1v) is 8.27. The molecule has 0 spiro atoms. The normalized spacial score (nSPS) is 17.6. The van der Waals surface area contributed by atoms with E-state index in [1.165, 1.54) is 10.4 Å². The zero-order valence-electron chi connectivity index (χ0n) is 12.5. The van der Waals surface area contributed by atoms with Crippen molar-refractivity contribution in [1.82, 2.24) is 0 Å². The molecule has 108 valence electrons. The third-order valence-electron chi connectivity index (χ3n) is 4.22. The highest BCUT2D eigenvalue weighted by Crippen LogP contribution is 2.39. The number of nitriles is 1. The fourth-order valence-corrected chi connectivity index (χ4v) is 4.19. The van der Waals surface area contributed by atoms with Gasteiger partial charge in [0.25, 0.3) is 0 Å². The lowest BCUT2D eigenvalue weighted by molar-refractivity contribution is -0.120. The molecule has 1 amide bonds. The van der Waals surface area contributed by atoms with Crippen molar-refractivity contribution in [2.45, 2.75) is 52.9 Å². The van der Waals surface area contributed by atoms with Crippen LogP contribution in [0.3, 0.4) is 0 Å². The summed E-state index contributed by atoms with van der Waals surface area (Å²) in [5.74, 6) is 0.771. The lowest BCUT2D eigenvalue weighted by atomic mass is 9.88. The minimum absolute atomic E-state index is 0.0413. The number of carbonyl (C=O) groups is 1. The highest BCUT2D eigenvalue weighted by atomic mass is 32.1. The Morgan fingerprint density at radius 2 is 2.20 bits per heavy atom. The molecule has 1 aliphatic carbocycles. The highest BCUT2D eigenvalue weighted by molar-refractivity contribution is 7.16. The summed E-state index contributed by atoms with van der Waals surface area (Å²) in [6.45, 7) is 6.30. The quantitative estimate of drug-likeness (QED) is 0.907. The van der Waals surface area contributed by atoms with Crippen LogP contribution in [0.2, 0.25) is 0 Å². The molecular formula is C16H22N2OS. The average molecular weight is 290 g/mol. The zero-order valence-corrected chi connectivity index (χ0v) is 13.3. The van der Waals surface area contributed by atoms with Gasteiger partial charge in [0.2, 0.25) is 5.91 Å². The summed E-state index contributed by atoms with van der Waals surface area (Å²) < 4.78 is 0. The van der Waals surface area contributed by atoms with Crippen molar-refractivity contribution in [3.05, 3.63) is 16.0 Å². The lowest BCUT2D eigenvalue weighted by Crippen LogP contribution is -2.21. The Morgan fingerprint density at radius 3 is 2.80 bits per heavy atom. The fraction of sp³-hybridized carbons (Fsp3) is 0.625. The largest absolute Gasteiger partial charge is 0.316 e. The number of fused-ring (bicyclic) bond motifs is 1. The van der Waals surface area contributed by atoms with Gasteiger partial charge in [0.05, 0.1) is 5.56 Å². The first kappa shape index (κ1) is 15.1. The molecule has 0 fully saturated rings. The molecular weight excluding hydrogens is 268 g/mol. The van der Waals surface area contributed by atoms with Gasteiger partial charge in [0.15, 0.2) is 0 Å². The van der Waals surface area contributed by atoms with Crippen molar-refractivity contribution in [3.8, 4) is 6.07 Å². The molecule has 0 aliphatic heterocycles. The molecule has 2 rings (SSSR count). The molecule has 1 aromatic rings. The lowest BCUT2D eigenvalue weighted by Gasteiger charge is -2.17. The number of carbonyl (C=O) groups excluding carboxylic acids is 1. The molecule has 0 aromatic carbocycles. The Balaban J connectivity index is 2.25. The fourth-order valence-electron chi connectivity index (χ4n) is 2.83. The number of amides is 1. The van der Waals surface area contributed by atoms with Crippen LogP contribution in [0.4, 0.5) is 5.00 Å². The van der Waals surface area contributed by atoms with E-state index < -0.39 is 0 Å². The van der Waals surface area contributed by atoms with Crippen molar-refractivity contribution >= 4 is 22.2 Å². The number of nitrogens with one attached hydrogen (secondary N) is 1. The van der Waals surface area contributed by atoms with Gasteiger partial charge in [-0.3, -0.25) is 4.79 Å². The number of rotatable bonds is 4. The molecule has 3 nitrogen and oxygen atoms in total. The van der Waals surface area contributed by atoms with Crippen LogP contribution in [0.15, 0.2) is 0 Å². The molecule has 1 unspecified atom stereocenters. The zero-order chi connectivity index (χ0) is 14.7.